The Balaban J connectivity index is 1.79. The Morgan fingerprint density at radius 2 is 2.25 bits per heavy atom. The minimum atomic E-state index is 0.0433. The molecule has 0 saturated carbocycles. The third-order valence-corrected chi connectivity index (χ3v) is 4.79. The van der Waals surface area contributed by atoms with E-state index in [2.05, 4.69) is 29.4 Å². The van der Waals surface area contributed by atoms with Gasteiger partial charge in [0.1, 0.15) is 0 Å². The van der Waals surface area contributed by atoms with Crippen LogP contribution >= 0.6 is 11.3 Å². The minimum absolute atomic E-state index is 0.0433. The Bertz CT molecular complexity index is 586. The number of carbonyl (C=O) groups excluding carboxylic acids is 1. The van der Waals surface area contributed by atoms with Crippen LogP contribution < -0.4 is 5.32 Å². The smallest absolute Gasteiger partial charge is 0.261 e. The summed E-state index contributed by atoms with van der Waals surface area (Å²) < 4.78 is 0. The van der Waals surface area contributed by atoms with Crippen molar-refractivity contribution in [1.82, 2.24) is 15.5 Å². The number of hydrogen-bond donors (Lipinski definition) is 2. The average Bonchev–Trinajstić information content (AvgIpc) is 3.00. The fraction of sp³-hybridized carbons (Fsp3) is 0.467. The van der Waals surface area contributed by atoms with E-state index in [1.165, 1.54) is 16.0 Å². The Kier molecular flexibility index (Phi) is 4.95. The number of nitrogens with zero attached hydrogens (tertiary/aromatic N) is 1. The summed E-state index contributed by atoms with van der Waals surface area (Å²) >= 11 is 1.60. The highest BCUT2D eigenvalue weighted by Crippen LogP contribution is 2.22. The number of H-pyrrole nitrogens is 1. The first-order valence-corrected chi connectivity index (χ1v) is 7.79. The van der Waals surface area contributed by atoms with E-state index in [4.69, 9.17) is 0 Å². The van der Waals surface area contributed by atoms with Crippen molar-refractivity contribution in [2.45, 2.75) is 40.0 Å². The van der Waals surface area contributed by atoms with Gasteiger partial charge in [-0.3, -0.25) is 9.89 Å². The van der Waals surface area contributed by atoms with Gasteiger partial charge in [0, 0.05) is 17.1 Å². The van der Waals surface area contributed by atoms with E-state index in [1.54, 1.807) is 11.3 Å². The maximum absolute atomic E-state index is 12.0. The van der Waals surface area contributed by atoms with Gasteiger partial charge in [0.25, 0.3) is 5.91 Å². The Hall–Kier alpha value is -1.62. The third kappa shape index (κ3) is 3.48. The van der Waals surface area contributed by atoms with Crippen molar-refractivity contribution in [3.8, 4) is 0 Å². The Morgan fingerprint density at radius 1 is 1.45 bits per heavy atom. The number of nitrogens with one attached hydrogen (secondary N) is 2. The van der Waals surface area contributed by atoms with E-state index in [-0.39, 0.29) is 5.91 Å². The number of thiophene rings is 1. The second-order valence-electron chi connectivity index (χ2n) is 4.95. The number of aryl methyl sites for hydroxylation is 4. The van der Waals surface area contributed by atoms with Crippen LogP contribution in [-0.4, -0.2) is 22.6 Å². The molecular weight excluding hydrogens is 270 g/mol. The molecule has 108 valence electrons. The molecule has 0 atom stereocenters. The predicted octanol–water partition coefficient (Wildman–Crippen LogP) is 3.01. The van der Waals surface area contributed by atoms with E-state index in [9.17, 15) is 4.79 Å². The van der Waals surface area contributed by atoms with Crippen molar-refractivity contribution in [1.29, 1.82) is 0 Å². The molecule has 0 saturated heterocycles. The summed E-state index contributed by atoms with van der Waals surface area (Å²) in [5.41, 5.74) is 3.55. The zero-order valence-corrected chi connectivity index (χ0v) is 13.1. The van der Waals surface area contributed by atoms with Crippen molar-refractivity contribution < 1.29 is 4.79 Å². The number of aromatic amines is 1. The summed E-state index contributed by atoms with van der Waals surface area (Å²) in [5.74, 6) is 0.0433. The zero-order chi connectivity index (χ0) is 14.5. The van der Waals surface area contributed by atoms with Gasteiger partial charge in [0.2, 0.25) is 0 Å². The molecule has 20 heavy (non-hydrogen) atoms. The lowest BCUT2D eigenvalue weighted by Crippen LogP contribution is -2.23. The average molecular weight is 291 g/mol. The van der Waals surface area contributed by atoms with Crippen LogP contribution in [0.15, 0.2) is 12.3 Å². The number of aromatic nitrogens is 2. The predicted molar refractivity (Wildman–Crippen MR) is 82.4 cm³/mol. The second kappa shape index (κ2) is 6.70. The van der Waals surface area contributed by atoms with Gasteiger partial charge in [-0.15, -0.1) is 11.3 Å². The van der Waals surface area contributed by atoms with Gasteiger partial charge in [-0.25, -0.2) is 0 Å². The summed E-state index contributed by atoms with van der Waals surface area (Å²) in [6, 6.07) is 1.99. The highest BCUT2D eigenvalue weighted by atomic mass is 32.1. The third-order valence-electron chi connectivity index (χ3n) is 3.41. The maximum atomic E-state index is 12.0. The standard InChI is InChI=1S/C15H21N3OS/c1-4-13-10(2)8-14(20-13)15(19)16-7-5-6-12-9-17-18-11(12)3/h8-9H,4-7H2,1-3H3,(H,16,19)(H,17,18). The second-order valence-corrected chi connectivity index (χ2v) is 6.09. The topological polar surface area (TPSA) is 57.8 Å². The molecular formula is C15H21N3OS. The Morgan fingerprint density at radius 3 is 2.85 bits per heavy atom. The summed E-state index contributed by atoms with van der Waals surface area (Å²) in [4.78, 5) is 14.1. The van der Waals surface area contributed by atoms with Crippen molar-refractivity contribution in [2.24, 2.45) is 0 Å². The monoisotopic (exact) mass is 291 g/mol. The molecule has 0 aliphatic heterocycles. The molecule has 0 aliphatic rings. The highest BCUT2D eigenvalue weighted by Gasteiger charge is 2.11. The van der Waals surface area contributed by atoms with Crippen LogP contribution in [0.3, 0.4) is 0 Å². The molecule has 0 aromatic carbocycles. The van der Waals surface area contributed by atoms with E-state index >= 15 is 0 Å². The van der Waals surface area contributed by atoms with Crippen LogP contribution in [0.1, 0.15) is 44.7 Å². The van der Waals surface area contributed by atoms with Crippen molar-refractivity contribution in [3.05, 3.63) is 38.8 Å². The largest absolute Gasteiger partial charge is 0.351 e. The number of carbonyl (C=O) groups is 1. The van der Waals surface area contributed by atoms with Crippen LogP contribution in [0, 0.1) is 13.8 Å². The van der Waals surface area contributed by atoms with Crippen molar-refractivity contribution in [2.75, 3.05) is 6.54 Å². The lowest BCUT2D eigenvalue weighted by atomic mass is 10.1. The first-order valence-electron chi connectivity index (χ1n) is 6.98. The van der Waals surface area contributed by atoms with Gasteiger partial charge < -0.3 is 5.32 Å². The molecule has 0 radical (unpaired) electrons. The van der Waals surface area contributed by atoms with E-state index in [0.717, 1.165) is 29.8 Å². The summed E-state index contributed by atoms with van der Waals surface area (Å²) in [7, 11) is 0. The fourth-order valence-electron chi connectivity index (χ4n) is 2.18. The first-order chi connectivity index (χ1) is 9.61. The van der Waals surface area contributed by atoms with Crippen LogP contribution in [0.25, 0.3) is 0 Å². The number of amides is 1. The molecule has 2 N–H and O–H groups in total. The van der Waals surface area contributed by atoms with Gasteiger partial charge in [-0.1, -0.05) is 6.92 Å². The summed E-state index contributed by atoms with van der Waals surface area (Å²) in [6.07, 6.45) is 4.71. The highest BCUT2D eigenvalue weighted by molar-refractivity contribution is 7.14. The lowest BCUT2D eigenvalue weighted by molar-refractivity contribution is 0.0957. The van der Waals surface area contributed by atoms with Crippen molar-refractivity contribution in [3.63, 3.8) is 0 Å². The molecule has 2 aromatic rings. The Labute approximate surface area is 123 Å². The molecule has 0 spiro atoms. The van der Waals surface area contributed by atoms with Crippen LogP contribution in [0.2, 0.25) is 0 Å². The first kappa shape index (κ1) is 14.8. The molecule has 0 unspecified atom stereocenters. The van der Waals surface area contributed by atoms with E-state index in [0.29, 0.717) is 6.54 Å². The van der Waals surface area contributed by atoms with E-state index in [1.807, 2.05) is 19.2 Å². The molecule has 1 amide bonds. The number of hydrogen-bond acceptors (Lipinski definition) is 3. The lowest BCUT2D eigenvalue weighted by Gasteiger charge is -2.03. The van der Waals surface area contributed by atoms with Crippen LogP contribution in [0.5, 0.6) is 0 Å². The van der Waals surface area contributed by atoms with Gasteiger partial charge in [-0.2, -0.15) is 5.10 Å². The normalized spacial score (nSPS) is 10.8. The molecule has 5 heteroatoms. The van der Waals surface area contributed by atoms with E-state index < -0.39 is 0 Å². The maximum Gasteiger partial charge on any atom is 0.261 e. The molecule has 0 aliphatic carbocycles. The zero-order valence-electron chi connectivity index (χ0n) is 12.2. The molecule has 0 bridgehead atoms. The quantitative estimate of drug-likeness (QED) is 0.804. The fourth-order valence-corrected chi connectivity index (χ4v) is 3.21. The molecule has 4 nitrogen and oxygen atoms in total. The molecule has 2 heterocycles. The van der Waals surface area contributed by atoms with Gasteiger partial charge in [0.05, 0.1) is 11.1 Å². The summed E-state index contributed by atoms with van der Waals surface area (Å²) in [6.45, 7) is 6.89. The van der Waals surface area contributed by atoms with Crippen molar-refractivity contribution >= 4 is 17.2 Å². The van der Waals surface area contributed by atoms with Crippen LogP contribution in [-0.2, 0) is 12.8 Å². The summed E-state index contributed by atoms with van der Waals surface area (Å²) in [5, 5.41) is 9.90. The minimum Gasteiger partial charge on any atom is -0.351 e. The van der Waals surface area contributed by atoms with Crippen LogP contribution in [0.4, 0.5) is 0 Å². The van der Waals surface area contributed by atoms with Gasteiger partial charge in [0.15, 0.2) is 0 Å². The molecule has 0 fully saturated rings. The number of rotatable bonds is 6. The van der Waals surface area contributed by atoms with Gasteiger partial charge in [-0.05, 0) is 50.3 Å². The van der Waals surface area contributed by atoms with Gasteiger partial charge >= 0.3 is 0 Å². The molecule has 2 aromatic heterocycles. The molecule has 2 rings (SSSR count). The SMILES string of the molecule is CCc1sc(C(=O)NCCCc2cn[nH]c2C)cc1C.